The van der Waals surface area contributed by atoms with Crippen LogP contribution in [0.25, 0.3) is 10.9 Å². The van der Waals surface area contributed by atoms with Crippen molar-refractivity contribution in [3.8, 4) is 11.5 Å². The normalized spacial score (nSPS) is 13.9. The number of hydrogen-bond donors (Lipinski definition) is 3. The number of hydrogen-bond acceptors (Lipinski definition) is 10. The Morgan fingerprint density at radius 3 is 2.33 bits per heavy atom. The largest absolute Gasteiger partial charge is 0.493 e. The van der Waals surface area contributed by atoms with Crippen molar-refractivity contribution < 1.29 is 18.7 Å². The number of pyridine rings is 1. The van der Waals surface area contributed by atoms with Crippen LogP contribution in [0.3, 0.4) is 0 Å². The summed E-state index contributed by atoms with van der Waals surface area (Å²) in [4.78, 5) is 28.9. The summed E-state index contributed by atoms with van der Waals surface area (Å²) in [5.74, 6) is 2.82. The van der Waals surface area contributed by atoms with Crippen molar-refractivity contribution in [2.75, 3.05) is 37.9 Å². The van der Waals surface area contributed by atoms with E-state index in [2.05, 4.69) is 32.3 Å². The summed E-state index contributed by atoms with van der Waals surface area (Å²) >= 11 is 0. The monoisotopic (exact) mass is 609 g/mol. The molecule has 11 heteroatoms. The molecule has 0 atom stereocenters. The zero-order chi connectivity index (χ0) is 31.6. The number of nitrogens with zero attached hydrogens (tertiary/aromatic N) is 4. The number of nitrogens with two attached hydrogens (primary N) is 2. The van der Waals surface area contributed by atoms with Crippen molar-refractivity contribution in [1.82, 2.24) is 20.3 Å². The molecule has 0 bridgehead atoms. The van der Waals surface area contributed by atoms with Crippen LogP contribution in [0.1, 0.15) is 29.7 Å². The number of amides is 1. The van der Waals surface area contributed by atoms with Crippen molar-refractivity contribution in [2.45, 2.75) is 32.4 Å². The van der Waals surface area contributed by atoms with Gasteiger partial charge in [0.2, 0.25) is 11.9 Å². The van der Waals surface area contributed by atoms with Gasteiger partial charge < -0.3 is 35.6 Å². The second kappa shape index (κ2) is 14.5. The predicted octanol–water partition coefficient (Wildman–Crippen LogP) is 4.51. The zero-order valence-electron chi connectivity index (χ0n) is 25.6. The van der Waals surface area contributed by atoms with Crippen molar-refractivity contribution in [3.63, 3.8) is 0 Å². The molecule has 5 N–H and O–H groups in total. The fourth-order valence-electron chi connectivity index (χ4n) is 5.50. The molecule has 1 fully saturated rings. The maximum atomic E-state index is 13.6. The second-order valence-electron chi connectivity index (χ2n) is 10.9. The number of benzene rings is 2. The molecule has 0 spiro atoms. The number of piperidine rings is 1. The summed E-state index contributed by atoms with van der Waals surface area (Å²) < 4.78 is 16.2. The Bertz CT molecular complexity index is 1670. The van der Waals surface area contributed by atoms with Gasteiger partial charge in [0.05, 0.1) is 38.0 Å². The van der Waals surface area contributed by atoms with E-state index >= 15 is 0 Å². The van der Waals surface area contributed by atoms with Crippen LogP contribution >= 0.6 is 0 Å². The van der Waals surface area contributed by atoms with Crippen molar-refractivity contribution in [1.29, 1.82) is 0 Å². The average Bonchev–Trinajstić information content (AvgIpc) is 3.62. The van der Waals surface area contributed by atoms with Gasteiger partial charge in [0.15, 0.2) is 11.5 Å². The molecule has 234 valence electrons. The van der Waals surface area contributed by atoms with Gasteiger partial charge in [0.25, 0.3) is 0 Å². The van der Waals surface area contributed by atoms with E-state index in [-0.39, 0.29) is 5.91 Å². The lowest BCUT2D eigenvalue weighted by Gasteiger charge is -2.41. The molecule has 0 unspecified atom stereocenters. The molecule has 1 saturated heterocycles. The highest BCUT2D eigenvalue weighted by Crippen LogP contribution is 2.38. The van der Waals surface area contributed by atoms with Gasteiger partial charge in [-0.2, -0.15) is 4.98 Å². The molecule has 3 aromatic heterocycles. The van der Waals surface area contributed by atoms with E-state index in [4.69, 9.17) is 30.3 Å². The summed E-state index contributed by atoms with van der Waals surface area (Å²) in [5.41, 5.74) is 14.0. The van der Waals surface area contributed by atoms with E-state index < -0.39 is 5.41 Å². The number of anilines is 2. The number of fused-ring (bicyclic) bond motifs is 1. The Labute approximate surface area is 262 Å². The van der Waals surface area contributed by atoms with Gasteiger partial charge in [-0.25, -0.2) is 4.98 Å². The molecule has 11 nitrogen and oxygen atoms in total. The first-order chi connectivity index (χ1) is 21.9. The third-order valence-electron chi connectivity index (χ3n) is 8.05. The lowest BCUT2D eigenvalue weighted by atomic mass is 9.73. The molecule has 0 saturated carbocycles. The van der Waals surface area contributed by atoms with E-state index in [0.717, 1.165) is 16.9 Å². The standard InChI is InChI=1S/C28H31N5O4.C6H8N2/c1-35-23-15-21-22(16-24(23)36-2)31-27(32-25(21)29)33-12-10-28(11-13-33,17-19-7-4-3-5-8-19)26(34)30-18-20-9-6-14-37-20;7-4-6-2-1-3-8-5-6/h3-9,14-16H,10-13,17-18H2,1-2H3,(H,30,34)(H2,29,31,32);1-3,5H,4,7H2. The number of ether oxygens (including phenoxy) is 2. The van der Waals surface area contributed by atoms with E-state index in [9.17, 15) is 4.79 Å². The van der Waals surface area contributed by atoms with Crippen LogP contribution in [0, 0.1) is 5.41 Å². The SMILES string of the molecule is COc1cc2nc(N3CCC(Cc4ccccc4)(C(=O)NCc4ccco4)CC3)nc(N)c2cc1OC.NCc1cccnc1. The molecule has 45 heavy (non-hydrogen) atoms. The Morgan fingerprint density at radius 2 is 1.71 bits per heavy atom. The van der Waals surface area contributed by atoms with Gasteiger partial charge in [-0.15, -0.1) is 0 Å². The molecular weight excluding hydrogens is 570 g/mol. The second-order valence-corrected chi connectivity index (χ2v) is 10.9. The minimum Gasteiger partial charge on any atom is -0.493 e. The topological polar surface area (TPSA) is 155 Å². The van der Waals surface area contributed by atoms with Crippen LogP contribution in [0.5, 0.6) is 11.5 Å². The molecule has 1 aliphatic heterocycles. The van der Waals surface area contributed by atoms with Crippen LogP contribution in [0.2, 0.25) is 0 Å². The minimum atomic E-state index is -0.552. The summed E-state index contributed by atoms with van der Waals surface area (Å²) in [6.45, 7) is 2.19. The van der Waals surface area contributed by atoms with Gasteiger partial charge >= 0.3 is 0 Å². The zero-order valence-corrected chi connectivity index (χ0v) is 25.6. The van der Waals surface area contributed by atoms with E-state index in [0.29, 0.717) is 79.6 Å². The number of nitrogens with one attached hydrogen (secondary N) is 1. The summed E-state index contributed by atoms with van der Waals surface area (Å²) in [6.07, 6.45) is 7.07. The molecule has 0 radical (unpaired) electrons. The van der Waals surface area contributed by atoms with Gasteiger partial charge in [0, 0.05) is 43.5 Å². The molecule has 1 amide bonds. The van der Waals surface area contributed by atoms with Crippen LogP contribution in [-0.4, -0.2) is 48.2 Å². The first-order valence-corrected chi connectivity index (χ1v) is 14.8. The number of furan rings is 1. The Kier molecular flexibility index (Phi) is 10.1. The van der Waals surface area contributed by atoms with E-state index in [1.54, 1.807) is 45.0 Å². The van der Waals surface area contributed by atoms with Gasteiger partial charge in [-0.3, -0.25) is 9.78 Å². The summed E-state index contributed by atoms with van der Waals surface area (Å²) in [7, 11) is 3.17. The average molecular weight is 610 g/mol. The van der Waals surface area contributed by atoms with Crippen LogP contribution in [0.4, 0.5) is 11.8 Å². The summed E-state index contributed by atoms with van der Waals surface area (Å²) in [5, 5.41) is 3.80. The number of carbonyl (C=O) groups excluding carboxylic acids is 1. The number of methoxy groups -OCH3 is 2. The van der Waals surface area contributed by atoms with Gasteiger partial charge in [0.1, 0.15) is 11.6 Å². The highest BCUT2D eigenvalue weighted by atomic mass is 16.5. The fraction of sp³-hybridized carbons (Fsp3) is 0.294. The maximum absolute atomic E-state index is 13.6. The third kappa shape index (κ3) is 7.50. The van der Waals surface area contributed by atoms with Crippen LogP contribution in [-0.2, 0) is 24.3 Å². The van der Waals surface area contributed by atoms with Crippen molar-refractivity contribution in [2.24, 2.45) is 11.1 Å². The number of rotatable bonds is 9. The molecule has 4 heterocycles. The van der Waals surface area contributed by atoms with Crippen LogP contribution in [0.15, 0.2) is 89.8 Å². The number of aromatic nitrogens is 3. The third-order valence-corrected chi connectivity index (χ3v) is 8.05. The Hall–Kier alpha value is -5.16. The summed E-state index contributed by atoms with van der Waals surface area (Å²) in [6, 6.07) is 21.3. The van der Waals surface area contributed by atoms with Crippen molar-refractivity contribution in [3.05, 3.63) is 102 Å². The molecule has 5 aromatic rings. The molecule has 6 rings (SSSR count). The van der Waals surface area contributed by atoms with Gasteiger partial charge in [-0.1, -0.05) is 36.4 Å². The Morgan fingerprint density at radius 1 is 0.978 bits per heavy atom. The lowest BCUT2D eigenvalue weighted by molar-refractivity contribution is -0.132. The van der Waals surface area contributed by atoms with Crippen molar-refractivity contribution >= 4 is 28.6 Å². The first kappa shape index (κ1) is 31.3. The molecular formula is C34H39N7O4. The smallest absolute Gasteiger partial charge is 0.227 e. The Balaban J connectivity index is 0.000000436. The fourth-order valence-corrected chi connectivity index (χ4v) is 5.50. The maximum Gasteiger partial charge on any atom is 0.227 e. The molecule has 1 aliphatic rings. The van der Waals surface area contributed by atoms with Crippen LogP contribution < -0.4 is 31.2 Å². The highest BCUT2D eigenvalue weighted by molar-refractivity contribution is 5.92. The quantitative estimate of drug-likeness (QED) is 0.217. The molecule has 2 aromatic carbocycles. The lowest BCUT2D eigenvalue weighted by Crippen LogP contribution is -2.50. The number of carbonyl (C=O) groups is 1. The minimum absolute atomic E-state index is 0.0307. The highest BCUT2D eigenvalue weighted by Gasteiger charge is 2.42. The van der Waals surface area contributed by atoms with Gasteiger partial charge in [-0.05, 0) is 54.7 Å². The predicted molar refractivity (Wildman–Crippen MR) is 174 cm³/mol. The number of nitrogen functional groups attached to an aromatic ring is 1. The van der Waals surface area contributed by atoms with E-state index in [1.807, 2.05) is 42.5 Å². The molecule has 0 aliphatic carbocycles. The van der Waals surface area contributed by atoms with E-state index in [1.165, 1.54) is 0 Å². The first-order valence-electron chi connectivity index (χ1n) is 14.8.